The van der Waals surface area contributed by atoms with Crippen LogP contribution in [0, 0.1) is 10.1 Å². The maximum absolute atomic E-state index is 10.5. The van der Waals surface area contributed by atoms with Crippen molar-refractivity contribution in [3.05, 3.63) is 27.8 Å². The number of carbonyl (C=O) groups is 1. The highest BCUT2D eigenvalue weighted by molar-refractivity contribution is 5.95. The number of hydrogen-bond donors (Lipinski definition) is 3. The van der Waals surface area contributed by atoms with Gasteiger partial charge in [-0.2, -0.15) is 0 Å². The van der Waals surface area contributed by atoms with Crippen molar-refractivity contribution in [3.8, 4) is 5.75 Å². The number of hydrogen-bond acceptors (Lipinski definition) is 5. The number of aromatic hydroxyl groups is 1. The summed E-state index contributed by atoms with van der Waals surface area (Å²) < 4.78 is 0. The minimum Gasteiger partial charge on any atom is -0.501 e. The molecule has 0 aliphatic heterocycles. The summed E-state index contributed by atoms with van der Waals surface area (Å²) in [5.41, 5.74) is 3.46. The number of anilines is 1. The van der Waals surface area contributed by atoms with Gasteiger partial charge in [0.2, 0.25) is 5.75 Å². The standard InChI is InChI=1S/C7H6N2O5/c8-4-2-1-3(7(11)12)5(6(4)10)9(13)14/h1-2,10H,8H2,(H,11,12). The van der Waals surface area contributed by atoms with Crippen LogP contribution in [0.15, 0.2) is 12.1 Å². The van der Waals surface area contributed by atoms with Gasteiger partial charge in [0, 0.05) is 0 Å². The molecule has 0 bridgehead atoms. The van der Waals surface area contributed by atoms with Crippen molar-refractivity contribution in [1.82, 2.24) is 0 Å². The van der Waals surface area contributed by atoms with Crippen molar-refractivity contribution in [3.63, 3.8) is 0 Å². The quantitative estimate of drug-likeness (QED) is 0.276. The Morgan fingerprint density at radius 3 is 2.50 bits per heavy atom. The van der Waals surface area contributed by atoms with Gasteiger partial charge >= 0.3 is 11.7 Å². The summed E-state index contributed by atoms with van der Waals surface area (Å²) in [5, 5.41) is 28.2. The Hall–Kier alpha value is -2.31. The normalized spacial score (nSPS) is 9.71. The fraction of sp³-hybridized carbons (Fsp3) is 0. The van der Waals surface area contributed by atoms with E-state index in [0.29, 0.717) is 0 Å². The van der Waals surface area contributed by atoms with Crippen molar-refractivity contribution in [2.45, 2.75) is 0 Å². The first-order chi connectivity index (χ1) is 6.45. The van der Waals surface area contributed by atoms with E-state index < -0.39 is 27.9 Å². The second-order valence-electron chi connectivity index (χ2n) is 2.46. The molecule has 1 rings (SSSR count). The van der Waals surface area contributed by atoms with Gasteiger partial charge in [0.15, 0.2) is 0 Å². The first-order valence-corrected chi connectivity index (χ1v) is 3.44. The van der Waals surface area contributed by atoms with Gasteiger partial charge < -0.3 is 15.9 Å². The number of nitrogens with zero attached hydrogens (tertiary/aromatic N) is 1. The maximum atomic E-state index is 10.5. The lowest BCUT2D eigenvalue weighted by atomic mass is 10.1. The van der Waals surface area contributed by atoms with E-state index in [9.17, 15) is 14.9 Å². The van der Waals surface area contributed by atoms with Crippen LogP contribution in [-0.4, -0.2) is 21.1 Å². The molecule has 0 radical (unpaired) electrons. The third-order valence-corrected chi connectivity index (χ3v) is 1.60. The van der Waals surface area contributed by atoms with Crippen LogP contribution in [-0.2, 0) is 0 Å². The van der Waals surface area contributed by atoms with Gasteiger partial charge in [-0.15, -0.1) is 0 Å². The number of nitrogens with two attached hydrogens (primary N) is 1. The van der Waals surface area contributed by atoms with Gasteiger partial charge in [-0.1, -0.05) is 0 Å². The zero-order valence-electron chi connectivity index (χ0n) is 6.80. The second kappa shape index (κ2) is 3.21. The second-order valence-corrected chi connectivity index (χ2v) is 2.46. The third kappa shape index (κ3) is 1.42. The van der Waals surface area contributed by atoms with Crippen LogP contribution in [0.5, 0.6) is 5.75 Å². The zero-order valence-corrected chi connectivity index (χ0v) is 6.80. The monoisotopic (exact) mass is 198 g/mol. The van der Waals surface area contributed by atoms with Crippen LogP contribution < -0.4 is 5.73 Å². The van der Waals surface area contributed by atoms with E-state index >= 15 is 0 Å². The van der Waals surface area contributed by atoms with E-state index in [2.05, 4.69) is 0 Å². The molecule has 4 N–H and O–H groups in total. The minimum absolute atomic E-state index is 0.235. The van der Waals surface area contributed by atoms with E-state index in [4.69, 9.17) is 15.9 Å². The first kappa shape index (κ1) is 9.78. The molecule has 0 fully saturated rings. The Labute approximate surface area is 77.5 Å². The van der Waals surface area contributed by atoms with Crippen LogP contribution in [0.3, 0.4) is 0 Å². The van der Waals surface area contributed by atoms with Gasteiger partial charge in [0.25, 0.3) is 0 Å². The largest absolute Gasteiger partial charge is 0.501 e. The smallest absolute Gasteiger partial charge is 0.342 e. The zero-order chi connectivity index (χ0) is 10.9. The topological polar surface area (TPSA) is 127 Å². The molecule has 0 aliphatic rings. The summed E-state index contributed by atoms with van der Waals surface area (Å²) in [6.07, 6.45) is 0. The average molecular weight is 198 g/mol. The molecule has 0 unspecified atom stereocenters. The van der Waals surface area contributed by atoms with Gasteiger partial charge in [-0.3, -0.25) is 10.1 Å². The van der Waals surface area contributed by atoms with Gasteiger partial charge in [0.1, 0.15) is 5.56 Å². The molecule has 74 valence electrons. The summed E-state index contributed by atoms with van der Waals surface area (Å²) in [6, 6.07) is 2.06. The molecule has 1 aromatic carbocycles. The van der Waals surface area contributed by atoms with Crippen molar-refractivity contribution >= 4 is 17.3 Å². The lowest BCUT2D eigenvalue weighted by Gasteiger charge is -2.02. The van der Waals surface area contributed by atoms with Gasteiger partial charge in [-0.25, -0.2) is 4.79 Å². The van der Waals surface area contributed by atoms with Crippen LogP contribution >= 0.6 is 0 Å². The summed E-state index contributed by atoms with van der Waals surface area (Å²) in [6.45, 7) is 0. The Balaban J connectivity index is 3.53. The number of nitro benzene ring substituents is 1. The number of aromatic carboxylic acids is 1. The number of carboxylic acids is 1. The summed E-state index contributed by atoms with van der Waals surface area (Å²) in [7, 11) is 0. The average Bonchev–Trinajstić information content (AvgIpc) is 2.08. The number of nitro groups is 1. The van der Waals surface area contributed by atoms with Crippen LogP contribution in [0.4, 0.5) is 11.4 Å². The first-order valence-electron chi connectivity index (χ1n) is 3.44. The molecule has 14 heavy (non-hydrogen) atoms. The Bertz CT molecular complexity index is 415. The summed E-state index contributed by atoms with van der Waals surface area (Å²) in [4.78, 5) is 20.0. The third-order valence-electron chi connectivity index (χ3n) is 1.60. The van der Waals surface area contributed by atoms with Gasteiger partial charge in [-0.05, 0) is 12.1 Å². The van der Waals surface area contributed by atoms with E-state index in [1.54, 1.807) is 0 Å². The Morgan fingerprint density at radius 2 is 2.07 bits per heavy atom. The van der Waals surface area contributed by atoms with E-state index in [-0.39, 0.29) is 5.69 Å². The molecule has 0 saturated heterocycles. The molecule has 0 spiro atoms. The fourth-order valence-corrected chi connectivity index (χ4v) is 0.953. The molecule has 0 aliphatic carbocycles. The number of rotatable bonds is 2. The molecule has 0 aromatic heterocycles. The Kier molecular flexibility index (Phi) is 2.24. The molecule has 0 saturated carbocycles. The lowest BCUT2D eigenvalue weighted by Crippen LogP contribution is -2.04. The highest BCUT2D eigenvalue weighted by Gasteiger charge is 2.25. The van der Waals surface area contributed by atoms with Crippen molar-refractivity contribution in [2.24, 2.45) is 0 Å². The van der Waals surface area contributed by atoms with Crippen molar-refractivity contribution in [2.75, 3.05) is 5.73 Å². The predicted octanol–water partition coefficient (Wildman–Crippen LogP) is 0.581. The molecule has 0 atom stereocenters. The highest BCUT2D eigenvalue weighted by Crippen LogP contribution is 2.34. The van der Waals surface area contributed by atoms with Gasteiger partial charge in [0.05, 0.1) is 10.6 Å². The number of carboxylic acid groups (broad SMARTS) is 1. The Morgan fingerprint density at radius 1 is 1.50 bits per heavy atom. The molecule has 1 aromatic rings. The molecular formula is C7H6N2O5. The van der Waals surface area contributed by atoms with Crippen LogP contribution in [0.25, 0.3) is 0 Å². The van der Waals surface area contributed by atoms with Crippen molar-refractivity contribution < 1.29 is 19.9 Å². The molecule has 0 amide bonds. The fourth-order valence-electron chi connectivity index (χ4n) is 0.953. The number of phenolic OH excluding ortho intramolecular Hbond substituents is 1. The number of phenols is 1. The maximum Gasteiger partial charge on any atom is 0.342 e. The predicted molar refractivity (Wildman–Crippen MR) is 46.1 cm³/mol. The molecule has 7 heteroatoms. The molecule has 7 nitrogen and oxygen atoms in total. The van der Waals surface area contributed by atoms with E-state index in [1.807, 2.05) is 0 Å². The van der Waals surface area contributed by atoms with Crippen molar-refractivity contribution in [1.29, 1.82) is 0 Å². The highest BCUT2D eigenvalue weighted by atomic mass is 16.6. The number of benzene rings is 1. The summed E-state index contributed by atoms with van der Waals surface area (Å²) in [5.74, 6) is -2.32. The minimum atomic E-state index is -1.49. The SMILES string of the molecule is Nc1ccc(C(=O)O)c([N+](=O)[O-])c1O. The number of nitrogen functional groups attached to an aromatic ring is 1. The molecule has 0 heterocycles. The molecular weight excluding hydrogens is 192 g/mol. The van der Waals surface area contributed by atoms with E-state index in [0.717, 1.165) is 12.1 Å². The van der Waals surface area contributed by atoms with Crippen LogP contribution in [0.1, 0.15) is 10.4 Å². The summed E-state index contributed by atoms with van der Waals surface area (Å²) >= 11 is 0. The van der Waals surface area contributed by atoms with Crippen LogP contribution in [0.2, 0.25) is 0 Å². The lowest BCUT2D eigenvalue weighted by molar-refractivity contribution is -0.386. The van der Waals surface area contributed by atoms with E-state index in [1.165, 1.54) is 0 Å².